The van der Waals surface area contributed by atoms with E-state index in [-0.39, 0.29) is 24.6 Å². The Morgan fingerprint density at radius 2 is 1.58 bits per heavy atom. The highest BCUT2D eigenvalue weighted by molar-refractivity contribution is 5.89. The minimum Gasteiger partial charge on any atom is -0.460 e. The molecule has 7 nitrogen and oxygen atoms in total. The van der Waals surface area contributed by atoms with Crippen LogP contribution in [-0.2, 0) is 30.2 Å². The molecular weight excluding hydrogens is 316 g/mol. The minimum atomic E-state index is -0.905. The van der Waals surface area contributed by atoms with Gasteiger partial charge < -0.3 is 18.9 Å². The van der Waals surface area contributed by atoms with Crippen LogP contribution in [0.4, 0.5) is 4.79 Å². The van der Waals surface area contributed by atoms with Gasteiger partial charge in [0.1, 0.15) is 5.60 Å². The van der Waals surface area contributed by atoms with Gasteiger partial charge in [0.05, 0.1) is 18.6 Å². The van der Waals surface area contributed by atoms with Crippen LogP contribution in [0, 0.1) is 0 Å². The molecule has 0 bridgehead atoms. The highest BCUT2D eigenvalue weighted by Crippen LogP contribution is 2.11. The lowest BCUT2D eigenvalue weighted by Crippen LogP contribution is -2.24. The monoisotopic (exact) mass is 338 g/mol. The lowest BCUT2D eigenvalue weighted by atomic mass is 10.1. The number of ether oxygens (including phenoxy) is 4. The van der Waals surface area contributed by atoms with Crippen molar-refractivity contribution in [2.24, 2.45) is 0 Å². The first-order chi connectivity index (χ1) is 11.2. The summed E-state index contributed by atoms with van der Waals surface area (Å²) in [6.07, 6.45) is -0.795. The fourth-order valence-corrected chi connectivity index (χ4v) is 1.68. The van der Waals surface area contributed by atoms with E-state index in [1.54, 1.807) is 39.8 Å². The molecule has 0 aliphatic heterocycles. The van der Waals surface area contributed by atoms with Crippen LogP contribution in [0.2, 0.25) is 0 Å². The fraction of sp³-hybridized carbons (Fsp3) is 0.471. The van der Waals surface area contributed by atoms with Gasteiger partial charge in [-0.3, -0.25) is 4.79 Å². The zero-order valence-corrected chi connectivity index (χ0v) is 14.3. The maximum Gasteiger partial charge on any atom is 0.511 e. The van der Waals surface area contributed by atoms with E-state index >= 15 is 0 Å². The average Bonchev–Trinajstić information content (AvgIpc) is 2.46. The highest BCUT2D eigenvalue weighted by Gasteiger charge is 2.17. The zero-order valence-electron chi connectivity index (χ0n) is 14.3. The van der Waals surface area contributed by atoms with Gasteiger partial charge in [-0.15, -0.1) is 0 Å². The summed E-state index contributed by atoms with van der Waals surface area (Å²) in [5, 5.41) is 0. The van der Waals surface area contributed by atoms with Crippen molar-refractivity contribution >= 4 is 18.1 Å². The summed E-state index contributed by atoms with van der Waals surface area (Å²) in [4.78, 5) is 34.4. The number of hydrogen-bond donors (Lipinski definition) is 0. The van der Waals surface area contributed by atoms with Gasteiger partial charge in [-0.25, -0.2) is 9.59 Å². The standard InChI is InChI=1S/C17H22O7/c1-5-21-16(20)23-11-22-15(19)13-8-6-12(7-9-13)10-14(18)24-17(2,3)4/h6-9H,5,10-11H2,1-4H3. The van der Waals surface area contributed by atoms with Crippen molar-refractivity contribution in [3.05, 3.63) is 35.4 Å². The van der Waals surface area contributed by atoms with Gasteiger partial charge in [0.25, 0.3) is 0 Å². The third kappa shape index (κ3) is 7.62. The second-order valence-corrected chi connectivity index (χ2v) is 5.84. The van der Waals surface area contributed by atoms with Gasteiger partial charge in [0.15, 0.2) is 0 Å². The quantitative estimate of drug-likeness (QED) is 0.447. The van der Waals surface area contributed by atoms with Crippen molar-refractivity contribution in [1.82, 2.24) is 0 Å². The molecule has 0 amide bonds. The second kappa shape index (κ2) is 8.90. The Balaban J connectivity index is 2.47. The molecule has 0 spiro atoms. The summed E-state index contributed by atoms with van der Waals surface area (Å²) in [6, 6.07) is 6.30. The fourth-order valence-electron chi connectivity index (χ4n) is 1.68. The molecule has 0 aliphatic carbocycles. The molecule has 7 heteroatoms. The number of carbonyl (C=O) groups excluding carboxylic acids is 3. The normalized spacial score (nSPS) is 10.7. The van der Waals surface area contributed by atoms with Crippen molar-refractivity contribution in [1.29, 1.82) is 0 Å². The van der Waals surface area contributed by atoms with Crippen LogP contribution < -0.4 is 0 Å². The average molecular weight is 338 g/mol. The summed E-state index contributed by atoms with van der Waals surface area (Å²) in [7, 11) is 0. The molecule has 1 rings (SSSR count). The first-order valence-corrected chi connectivity index (χ1v) is 7.48. The molecular formula is C17H22O7. The summed E-state index contributed by atoms with van der Waals surface area (Å²) < 4.78 is 19.1. The van der Waals surface area contributed by atoms with E-state index in [0.29, 0.717) is 5.56 Å². The first-order valence-electron chi connectivity index (χ1n) is 7.48. The SMILES string of the molecule is CCOC(=O)OCOC(=O)c1ccc(CC(=O)OC(C)(C)C)cc1. The third-order valence-electron chi connectivity index (χ3n) is 2.59. The molecule has 0 unspecified atom stereocenters. The van der Waals surface area contributed by atoms with Crippen molar-refractivity contribution in [2.75, 3.05) is 13.4 Å². The van der Waals surface area contributed by atoms with Gasteiger partial charge in [-0.2, -0.15) is 0 Å². The molecule has 1 aromatic rings. The van der Waals surface area contributed by atoms with Crippen LogP contribution in [0.25, 0.3) is 0 Å². The predicted molar refractivity (Wildman–Crippen MR) is 84.4 cm³/mol. The Bertz CT molecular complexity index is 570. The van der Waals surface area contributed by atoms with E-state index in [9.17, 15) is 14.4 Å². The minimum absolute atomic E-state index is 0.110. The molecule has 0 saturated heterocycles. The molecule has 0 heterocycles. The number of carbonyl (C=O) groups is 3. The van der Waals surface area contributed by atoms with Crippen molar-refractivity contribution in [2.45, 2.75) is 39.7 Å². The summed E-state index contributed by atoms with van der Waals surface area (Å²) >= 11 is 0. The topological polar surface area (TPSA) is 88.1 Å². The molecule has 0 aliphatic rings. The van der Waals surface area contributed by atoms with E-state index < -0.39 is 24.5 Å². The van der Waals surface area contributed by atoms with Gasteiger partial charge in [-0.1, -0.05) is 12.1 Å². The van der Waals surface area contributed by atoms with Gasteiger partial charge in [0, 0.05) is 0 Å². The maximum absolute atomic E-state index is 11.8. The van der Waals surface area contributed by atoms with Gasteiger partial charge in [-0.05, 0) is 45.4 Å². The van der Waals surface area contributed by atoms with Gasteiger partial charge in [0.2, 0.25) is 6.79 Å². The number of benzene rings is 1. The maximum atomic E-state index is 11.8. The Morgan fingerprint density at radius 1 is 0.958 bits per heavy atom. The number of rotatable bonds is 6. The Kier molecular flexibility index (Phi) is 7.23. The van der Waals surface area contributed by atoms with Crippen LogP contribution in [0.1, 0.15) is 43.6 Å². The Labute approximate surface area is 140 Å². The van der Waals surface area contributed by atoms with Gasteiger partial charge >= 0.3 is 18.1 Å². The van der Waals surface area contributed by atoms with Crippen molar-refractivity contribution in [3.63, 3.8) is 0 Å². The lowest BCUT2D eigenvalue weighted by Gasteiger charge is -2.19. The summed E-state index contributed by atoms with van der Waals surface area (Å²) in [5.41, 5.74) is 0.443. The molecule has 0 radical (unpaired) electrons. The third-order valence-corrected chi connectivity index (χ3v) is 2.59. The molecule has 132 valence electrons. The molecule has 0 N–H and O–H groups in total. The van der Waals surface area contributed by atoms with E-state index in [4.69, 9.17) is 9.47 Å². The van der Waals surface area contributed by atoms with Crippen LogP contribution >= 0.6 is 0 Å². The van der Waals surface area contributed by atoms with Crippen LogP contribution in [0.15, 0.2) is 24.3 Å². The molecule has 0 aromatic heterocycles. The molecule has 24 heavy (non-hydrogen) atoms. The lowest BCUT2D eigenvalue weighted by molar-refractivity contribution is -0.153. The predicted octanol–water partition coefficient (Wildman–Crippen LogP) is 2.86. The molecule has 1 aromatic carbocycles. The van der Waals surface area contributed by atoms with Crippen LogP contribution in [-0.4, -0.2) is 37.1 Å². The summed E-state index contributed by atoms with van der Waals surface area (Å²) in [5.74, 6) is -0.997. The molecule has 0 atom stereocenters. The second-order valence-electron chi connectivity index (χ2n) is 5.84. The van der Waals surface area contributed by atoms with E-state index in [2.05, 4.69) is 9.47 Å². The van der Waals surface area contributed by atoms with Crippen LogP contribution in [0.3, 0.4) is 0 Å². The number of esters is 2. The first kappa shape index (κ1) is 19.5. The molecule has 0 saturated carbocycles. The van der Waals surface area contributed by atoms with Crippen molar-refractivity contribution in [3.8, 4) is 0 Å². The Hall–Kier alpha value is -2.57. The molecule has 0 fully saturated rings. The van der Waals surface area contributed by atoms with E-state index in [1.807, 2.05) is 0 Å². The zero-order chi connectivity index (χ0) is 18.2. The Morgan fingerprint density at radius 3 is 2.12 bits per heavy atom. The van der Waals surface area contributed by atoms with E-state index in [0.717, 1.165) is 0 Å². The highest BCUT2D eigenvalue weighted by atomic mass is 16.8. The van der Waals surface area contributed by atoms with Crippen LogP contribution in [0.5, 0.6) is 0 Å². The smallest absolute Gasteiger partial charge is 0.460 e. The summed E-state index contributed by atoms with van der Waals surface area (Å²) in [6.45, 7) is 6.66. The van der Waals surface area contributed by atoms with Crippen molar-refractivity contribution < 1.29 is 33.3 Å². The van der Waals surface area contributed by atoms with E-state index in [1.165, 1.54) is 12.1 Å². The largest absolute Gasteiger partial charge is 0.511 e. The number of hydrogen-bond acceptors (Lipinski definition) is 7.